The Labute approximate surface area is 192 Å². The number of carbonyl (C=O) groups excluding carboxylic acids is 1. The summed E-state index contributed by atoms with van der Waals surface area (Å²) < 4.78 is 10.4. The maximum atomic E-state index is 11.1. The number of benzene rings is 2. The maximum Gasteiger partial charge on any atom is 0.293 e. The summed E-state index contributed by atoms with van der Waals surface area (Å²) in [6.45, 7) is 2.19. The van der Waals surface area contributed by atoms with E-state index in [1.807, 2.05) is 31.2 Å². The van der Waals surface area contributed by atoms with Crippen molar-refractivity contribution in [1.82, 2.24) is 0 Å². The Hall–Kier alpha value is -3.65. The maximum absolute atomic E-state index is 11.1. The summed E-state index contributed by atoms with van der Waals surface area (Å²) in [5, 5.41) is 12.6. The van der Waals surface area contributed by atoms with Gasteiger partial charge >= 0.3 is 0 Å². The number of ether oxygens (including phenoxy) is 2. The SMILES string of the molecule is Cc1ccc([N+](=O)[O-])c(N(N)C2CCCCC2)c1.O=C1C=CC1=Cc1ccc2c(c1)OCO2. The van der Waals surface area contributed by atoms with Gasteiger partial charge in [0.05, 0.1) is 4.92 Å². The fourth-order valence-corrected chi connectivity index (χ4v) is 4.10. The first kappa shape index (κ1) is 22.5. The number of rotatable bonds is 4. The standard InChI is InChI=1S/C13H19N3O2.C12H8O3/c1-10-7-8-12(16(17)18)13(9-10)15(14)11-5-3-2-4-6-11;13-10-3-2-9(10)5-8-1-4-11-12(6-8)15-7-14-11/h7-9,11H,2-6,14H2,1H3;1-6H,7H2. The molecule has 2 aliphatic carbocycles. The lowest BCUT2D eigenvalue weighted by atomic mass is 9.94. The second kappa shape index (κ2) is 9.87. The molecule has 0 saturated heterocycles. The second-order valence-corrected chi connectivity index (χ2v) is 8.36. The van der Waals surface area contributed by atoms with E-state index in [-0.39, 0.29) is 29.2 Å². The highest BCUT2D eigenvalue weighted by molar-refractivity contribution is 6.16. The van der Waals surface area contributed by atoms with Crippen molar-refractivity contribution in [2.24, 2.45) is 5.84 Å². The highest BCUT2D eigenvalue weighted by atomic mass is 16.7. The Morgan fingerprint density at radius 1 is 1.06 bits per heavy atom. The molecule has 1 fully saturated rings. The monoisotopic (exact) mass is 449 g/mol. The molecule has 33 heavy (non-hydrogen) atoms. The van der Waals surface area contributed by atoms with Crippen LogP contribution in [0.5, 0.6) is 11.5 Å². The lowest BCUT2D eigenvalue weighted by Crippen LogP contribution is -2.42. The van der Waals surface area contributed by atoms with E-state index in [2.05, 4.69) is 0 Å². The van der Waals surface area contributed by atoms with E-state index in [0.29, 0.717) is 5.69 Å². The lowest BCUT2D eigenvalue weighted by Gasteiger charge is -2.31. The first-order valence-electron chi connectivity index (χ1n) is 11.0. The number of fused-ring (bicyclic) bond motifs is 1. The average Bonchev–Trinajstić information content (AvgIpc) is 3.30. The first-order valence-corrected chi connectivity index (χ1v) is 11.0. The molecule has 1 aliphatic heterocycles. The zero-order valence-corrected chi connectivity index (χ0v) is 18.5. The van der Waals surface area contributed by atoms with Crippen LogP contribution in [0.4, 0.5) is 11.4 Å². The number of hydrogen-bond donors (Lipinski definition) is 1. The molecule has 0 unspecified atom stereocenters. The molecular weight excluding hydrogens is 422 g/mol. The highest BCUT2D eigenvalue weighted by Gasteiger charge is 2.25. The number of nitro groups is 1. The molecule has 0 atom stereocenters. The van der Waals surface area contributed by atoms with E-state index in [1.165, 1.54) is 12.5 Å². The highest BCUT2D eigenvalue weighted by Crippen LogP contribution is 2.34. The summed E-state index contributed by atoms with van der Waals surface area (Å²) in [4.78, 5) is 21.7. The summed E-state index contributed by atoms with van der Waals surface area (Å²) in [7, 11) is 0. The van der Waals surface area contributed by atoms with Gasteiger partial charge < -0.3 is 14.5 Å². The van der Waals surface area contributed by atoms with Crippen molar-refractivity contribution in [3.8, 4) is 11.5 Å². The molecule has 0 aromatic heterocycles. The fraction of sp³-hybridized carbons (Fsp3) is 0.320. The molecule has 2 aromatic carbocycles. The van der Waals surface area contributed by atoms with E-state index in [4.69, 9.17) is 15.3 Å². The summed E-state index contributed by atoms with van der Waals surface area (Å²) >= 11 is 0. The van der Waals surface area contributed by atoms with Crippen LogP contribution in [0.2, 0.25) is 0 Å². The molecule has 1 saturated carbocycles. The fourth-order valence-electron chi connectivity index (χ4n) is 4.10. The molecular formula is C25H27N3O5. The third-order valence-electron chi connectivity index (χ3n) is 5.99. The van der Waals surface area contributed by atoms with E-state index in [9.17, 15) is 14.9 Å². The Morgan fingerprint density at radius 3 is 2.48 bits per heavy atom. The largest absolute Gasteiger partial charge is 0.454 e. The third kappa shape index (κ3) is 5.23. The summed E-state index contributed by atoms with van der Waals surface area (Å²) in [5.74, 6) is 7.68. The van der Waals surface area contributed by atoms with Crippen LogP contribution >= 0.6 is 0 Å². The van der Waals surface area contributed by atoms with Crippen LogP contribution in [0, 0.1) is 17.0 Å². The van der Waals surface area contributed by atoms with Gasteiger partial charge in [-0.1, -0.05) is 31.4 Å². The molecule has 0 radical (unpaired) electrons. The number of nitrogens with two attached hydrogens (primary N) is 1. The minimum atomic E-state index is -0.364. The third-order valence-corrected chi connectivity index (χ3v) is 5.99. The normalized spacial score (nSPS) is 17.9. The minimum absolute atomic E-state index is 0.0765. The van der Waals surface area contributed by atoms with Gasteiger partial charge in [0.2, 0.25) is 6.79 Å². The molecule has 0 amide bonds. The Bertz CT molecular complexity index is 1120. The molecule has 2 N–H and O–H groups in total. The molecule has 0 spiro atoms. The predicted molar refractivity (Wildman–Crippen MR) is 126 cm³/mol. The molecule has 3 aliphatic rings. The molecule has 0 bridgehead atoms. The number of allylic oxidation sites excluding steroid dienone is 3. The van der Waals surface area contributed by atoms with Crippen LogP contribution in [-0.4, -0.2) is 23.5 Å². The number of nitrogens with zero attached hydrogens (tertiary/aromatic N) is 2. The van der Waals surface area contributed by atoms with Gasteiger partial charge in [0.25, 0.3) is 5.69 Å². The van der Waals surface area contributed by atoms with E-state index in [1.54, 1.807) is 29.3 Å². The van der Waals surface area contributed by atoms with Gasteiger partial charge in [0.1, 0.15) is 5.69 Å². The van der Waals surface area contributed by atoms with Crippen molar-refractivity contribution in [3.63, 3.8) is 0 Å². The average molecular weight is 450 g/mol. The van der Waals surface area contributed by atoms with Crippen molar-refractivity contribution in [1.29, 1.82) is 0 Å². The van der Waals surface area contributed by atoms with E-state index < -0.39 is 0 Å². The van der Waals surface area contributed by atoms with Crippen LogP contribution in [-0.2, 0) is 4.79 Å². The first-order chi connectivity index (χ1) is 15.9. The molecule has 5 rings (SSSR count). The Kier molecular flexibility index (Phi) is 6.74. The quantitative estimate of drug-likeness (QED) is 0.307. The Morgan fingerprint density at radius 2 is 1.82 bits per heavy atom. The van der Waals surface area contributed by atoms with Crippen LogP contribution in [0.25, 0.3) is 6.08 Å². The molecule has 8 heteroatoms. The minimum Gasteiger partial charge on any atom is -0.454 e. The van der Waals surface area contributed by atoms with Gasteiger partial charge in [-0.05, 0) is 67.3 Å². The van der Waals surface area contributed by atoms with Gasteiger partial charge in [0, 0.05) is 17.7 Å². The zero-order valence-electron chi connectivity index (χ0n) is 18.5. The van der Waals surface area contributed by atoms with Crippen molar-refractivity contribution >= 4 is 23.2 Å². The van der Waals surface area contributed by atoms with Crippen molar-refractivity contribution in [2.45, 2.75) is 45.1 Å². The van der Waals surface area contributed by atoms with Gasteiger partial charge in [-0.25, -0.2) is 5.84 Å². The molecule has 8 nitrogen and oxygen atoms in total. The number of carbonyl (C=O) groups is 1. The van der Waals surface area contributed by atoms with Crippen molar-refractivity contribution < 1.29 is 19.2 Å². The van der Waals surface area contributed by atoms with Crippen LogP contribution in [0.1, 0.15) is 43.2 Å². The molecule has 1 heterocycles. The number of anilines is 1. The zero-order chi connectivity index (χ0) is 23.4. The van der Waals surface area contributed by atoms with Crippen LogP contribution in [0.15, 0.2) is 54.1 Å². The van der Waals surface area contributed by atoms with Gasteiger partial charge in [0.15, 0.2) is 17.3 Å². The number of aryl methyl sites for hydroxylation is 1. The summed E-state index contributed by atoms with van der Waals surface area (Å²) in [5.41, 5.74) is 3.29. The van der Waals surface area contributed by atoms with Crippen molar-refractivity contribution in [3.05, 3.63) is 75.4 Å². The summed E-state index contributed by atoms with van der Waals surface area (Å²) in [6.07, 6.45) is 10.8. The van der Waals surface area contributed by atoms with E-state index >= 15 is 0 Å². The van der Waals surface area contributed by atoms with Crippen LogP contribution in [0.3, 0.4) is 0 Å². The van der Waals surface area contributed by atoms with Crippen LogP contribution < -0.4 is 20.3 Å². The van der Waals surface area contributed by atoms with Crippen molar-refractivity contribution in [2.75, 3.05) is 11.8 Å². The second-order valence-electron chi connectivity index (χ2n) is 8.36. The predicted octanol–water partition coefficient (Wildman–Crippen LogP) is 4.85. The number of hydrogen-bond acceptors (Lipinski definition) is 7. The topological polar surface area (TPSA) is 108 Å². The summed E-state index contributed by atoms with van der Waals surface area (Å²) in [6, 6.07) is 10.9. The van der Waals surface area contributed by atoms with Gasteiger partial charge in [-0.3, -0.25) is 14.9 Å². The van der Waals surface area contributed by atoms with Gasteiger partial charge in [-0.2, -0.15) is 0 Å². The molecule has 172 valence electrons. The Balaban J connectivity index is 0.000000159. The number of ketones is 1. The number of hydrazine groups is 1. The van der Waals surface area contributed by atoms with Gasteiger partial charge in [-0.15, -0.1) is 0 Å². The lowest BCUT2D eigenvalue weighted by molar-refractivity contribution is -0.384. The molecule has 2 aromatic rings. The van der Waals surface area contributed by atoms with E-state index in [0.717, 1.165) is 53.9 Å². The number of nitro benzene ring substituents is 1. The smallest absolute Gasteiger partial charge is 0.293 e.